The molecule has 0 radical (unpaired) electrons. The zero-order chi connectivity index (χ0) is 16.2. The third kappa shape index (κ3) is 3.48. The Labute approximate surface area is 143 Å². The van der Waals surface area contributed by atoms with Gasteiger partial charge in [-0.05, 0) is 35.6 Å². The third-order valence-electron chi connectivity index (χ3n) is 3.34. The topological polar surface area (TPSA) is 54.9 Å². The largest absolute Gasteiger partial charge is 0.311 e. The van der Waals surface area contributed by atoms with E-state index in [1.807, 2.05) is 25.1 Å². The van der Waals surface area contributed by atoms with Crippen LogP contribution in [0.2, 0.25) is 0 Å². The van der Waals surface area contributed by atoms with Crippen LogP contribution in [0.15, 0.2) is 35.8 Å². The van der Waals surface area contributed by atoms with Gasteiger partial charge in [0.05, 0.1) is 20.5 Å². The van der Waals surface area contributed by atoms with Crippen molar-refractivity contribution in [1.29, 1.82) is 0 Å². The van der Waals surface area contributed by atoms with Gasteiger partial charge < -0.3 is 5.32 Å². The van der Waals surface area contributed by atoms with Gasteiger partial charge in [0.15, 0.2) is 0 Å². The van der Waals surface area contributed by atoms with Crippen LogP contribution in [0.25, 0.3) is 21.0 Å². The van der Waals surface area contributed by atoms with E-state index in [9.17, 15) is 4.79 Å². The molecular weight excluding hydrogens is 326 g/mol. The van der Waals surface area contributed by atoms with E-state index in [1.54, 1.807) is 28.9 Å². The van der Waals surface area contributed by atoms with Crippen molar-refractivity contribution >= 4 is 34.4 Å². The lowest BCUT2D eigenvalue weighted by Gasteiger charge is -2.05. The van der Waals surface area contributed by atoms with Gasteiger partial charge in [-0.1, -0.05) is 19.9 Å². The molecule has 4 nitrogen and oxygen atoms in total. The van der Waals surface area contributed by atoms with Crippen molar-refractivity contribution in [2.24, 2.45) is 0 Å². The molecule has 1 amide bonds. The third-order valence-corrected chi connectivity index (χ3v) is 5.46. The van der Waals surface area contributed by atoms with Gasteiger partial charge in [0.2, 0.25) is 5.91 Å². The molecule has 0 atom stereocenters. The highest BCUT2D eigenvalue weighted by Gasteiger charge is 2.15. The van der Waals surface area contributed by atoms with Gasteiger partial charge in [-0.25, -0.2) is 9.97 Å². The average Bonchev–Trinajstić information content (AvgIpc) is 3.23. The molecule has 3 heterocycles. The molecule has 0 aliphatic rings. The Morgan fingerprint density at radius 1 is 1.30 bits per heavy atom. The minimum absolute atomic E-state index is 0.0355. The van der Waals surface area contributed by atoms with Gasteiger partial charge in [-0.15, -0.1) is 22.7 Å². The number of hydrogen-bond donors (Lipinski definition) is 1. The molecule has 1 N–H and O–H groups in total. The van der Waals surface area contributed by atoms with E-state index < -0.39 is 0 Å². The van der Waals surface area contributed by atoms with E-state index in [4.69, 9.17) is 4.98 Å². The quantitative estimate of drug-likeness (QED) is 0.721. The normalized spacial score (nSPS) is 10.7. The number of pyridine rings is 1. The Morgan fingerprint density at radius 3 is 2.87 bits per heavy atom. The molecule has 0 fully saturated rings. The summed E-state index contributed by atoms with van der Waals surface area (Å²) in [5, 5.41) is 5.98. The zero-order valence-electron chi connectivity index (χ0n) is 13.0. The molecule has 3 aromatic heterocycles. The molecule has 0 saturated carbocycles. The second-order valence-corrected chi connectivity index (χ2v) is 6.98. The molecular formula is C17H17N3OS2. The van der Waals surface area contributed by atoms with Crippen molar-refractivity contribution in [1.82, 2.24) is 9.97 Å². The first-order chi connectivity index (χ1) is 11.2. The van der Waals surface area contributed by atoms with Crippen molar-refractivity contribution in [3.63, 3.8) is 0 Å². The van der Waals surface area contributed by atoms with Crippen LogP contribution in [-0.4, -0.2) is 15.9 Å². The van der Waals surface area contributed by atoms with Crippen LogP contribution < -0.4 is 5.32 Å². The van der Waals surface area contributed by atoms with E-state index in [0.717, 1.165) is 32.4 Å². The summed E-state index contributed by atoms with van der Waals surface area (Å²) in [6.45, 7) is 3.94. The van der Waals surface area contributed by atoms with Crippen LogP contribution in [0.4, 0.5) is 5.82 Å². The van der Waals surface area contributed by atoms with Crippen LogP contribution in [0, 0.1) is 0 Å². The summed E-state index contributed by atoms with van der Waals surface area (Å²) in [4.78, 5) is 22.9. The predicted molar refractivity (Wildman–Crippen MR) is 97.0 cm³/mol. The fourth-order valence-electron chi connectivity index (χ4n) is 2.16. The minimum atomic E-state index is -0.0355. The maximum absolute atomic E-state index is 11.6. The SMILES string of the molecule is CCC(=O)Nc1cc(-c2sc(CC)nc2-c2cccs2)ccn1. The van der Waals surface area contributed by atoms with Crippen molar-refractivity contribution in [2.45, 2.75) is 26.7 Å². The van der Waals surface area contributed by atoms with E-state index >= 15 is 0 Å². The molecule has 3 aromatic rings. The van der Waals surface area contributed by atoms with Gasteiger partial charge in [0.25, 0.3) is 0 Å². The number of hydrogen-bond acceptors (Lipinski definition) is 5. The number of carbonyl (C=O) groups excluding carboxylic acids is 1. The predicted octanol–water partition coefficient (Wildman–Crippen LogP) is 4.84. The van der Waals surface area contributed by atoms with Crippen LogP contribution >= 0.6 is 22.7 Å². The highest BCUT2D eigenvalue weighted by atomic mass is 32.1. The number of aromatic nitrogens is 2. The standard InChI is InChI=1S/C17H17N3OS2/c1-3-14(21)19-13-10-11(7-8-18-13)17-16(12-6-5-9-22-12)20-15(4-2)23-17/h5-10H,3-4H2,1-2H3,(H,18,19,21). The molecule has 0 spiro atoms. The van der Waals surface area contributed by atoms with Crippen molar-refractivity contribution in [3.8, 4) is 21.0 Å². The molecule has 0 bridgehead atoms. The molecule has 3 rings (SSSR count). The molecule has 118 valence electrons. The Bertz CT molecular complexity index is 809. The fraction of sp³-hybridized carbons (Fsp3) is 0.235. The second-order valence-electron chi connectivity index (χ2n) is 4.95. The van der Waals surface area contributed by atoms with Crippen LogP contribution in [-0.2, 0) is 11.2 Å². The minimum Gasteiger partial charge on any atom is -0.311 e. The summed E-state index contributed by atoms with van der Waals surface area (Å²) >= 11 is 3.39. The maximum atomic E-state index is 11.6. The van der Waals surface area contributed by atoms with Gasteiger partial charge in [-0.3, -0.25) is 4.79 Å². The number of carbonyl (C=O) groups is 1. The number of aryl methyl sites for hydroxylation is 1. The lowest BCUT2D eigenvalue weighted by Crippen LogP contribution is -2.10. The number of nitrogens with zero attached hydrogens (tertiary/aromatic N) is 2. The summed E-state index contributed by atoms with van der Waals surface area (Å²) in [6, 6.07) is 8.00. The first-order valence-corrected chi connectivity index (χ1v) is 9.20. The number of rotatable bonds is 5. The van der Waals surface area contributed by atoms with E-state index in [0.29, 0.717) is 12.2 Å². The lowest BCUT2D eigenvalue weighted by molar-refractivity contribution is -0.115. The summed E-state index contributed by atoms with van der Waals surface area (Å²) in [5.41, 5.74) is 2.05. The van der Waals surface area contributed by atoms with E-state index in [-0.39, 0.29) is 5.91 Å². The molecule has 0 saturated heterocycles. The van der Waals surface area contributed by atoms with Gasteiger partial charge in [0.1, 0.15) is 5.82 Å². The second kappa shape index (κ2) is 7.02. The van der Waals surface area contributed by atoms with Crippen LogP contribution in [0.5, 0.6) is 0 Å². The van der Waals surface area contributed by atoms with Gasteiger partial charge >= 0.3 is 0 Å². The summed E-state index contributed by atoms with van der Waals surface area (Å²) in [6.07, 6.45) is 3.07. The molecule has 0 aromatic carbocycles. The van der Waals surface area contributed by atoms with Crippen molar-refractivity contribution in [2.75, 3.05) is 5.32 Å². The highest BCUT2D eigenvalue weighted by Crippen LogP contribution is 2.39. The summed E-state index contributed by atoms with van der Waals surface area (Å²) in [5.74, 6) is 0.546. The van der Waals surface area contributed by atoms with Gasteiger partial charge in [-0.2, -0.15) is 0 Å². The Hall–Kier alpha value is -2.05. The maximum Gasteiger partial charge on any atom is 0.225 e. The number of anilines is 1. The number of amides is 1. The first-order valence-electron chi connectivity index (χ1n) is 7.51. The molecule has 0 aliphatic carbocycles. The average molecular weight is 343 g/mol. The number of nitrogens with one attached hydrogen (secondary N) is 1. The highest BCUT2D eigenvalue weighted by molar-refractivity contribution is 7.17. The lowest BCUT2D eigenvalue weighted by atomic mass is 10.1. The smallest absolute Gasteiger partial charge is 0.225 e. The monoisotopic (exact) mass is 343 g/mol. The van der Waals surface area contributed by atoms with Crippen molar-refractivity contribution < 1.29 is 4.79 Å². The van der Waals surface area contributed by atoms with Crippen LogP contribution in [0.3, 0.4) is 0 Å². The van der Waals surface area contributed by atoms with E-state index in [2.05, 4.69) is 28.7 Å². The summed E-state index contributed by atoms with van der Waals surface area (Å²) < 4.78 is 0. The molecule has 0 aliphatic heterocycles. The van der Waals surface area contributed by atoms with Crippen LogP contribution in [0.1, 0.15) is 25.3 Å². The number of thiophene rings is 1. The number of thiazole rings is 1. The summed E-state index contributed by atoms with van der Waals surface area (Å²) in [7, 11) is 0. The van der Waals surface area contributed by atoms with E-state index in [1.165, 1.54) is 0 Å². The zero-order valence-corrected chi connectivity index (χ0v) is 14.6. The first kappa shape index (κ1) is 15.8. The van der Waals surface area contributed by atoms with Gasteiger partial charge in [0, 0.05) is 12.6 Å². The fourth-order valence-corrected chi connectivity index (χ4v) is 3.96. The molecule has 6 heteroatoms. The molecule has 0 unspecified atom stereocenters. The van der Waals surface area contributed by atoms with Crippen molar-refractivity contribution in [3.05, 3.63) is 40.8 Å². The Morgan fingerprint density at radius 2 is 2.17 bits per heavy atom. The molecule has 23 heavy (non-hydrogen) atoms. The Balaban J connectivity index is 2.03. The Kier molecular flexibility index (Phi) is 4.83.